The van der Waals surface area contributed by atoms with E-state index in [2.05, 4.69) is 20.6 Å². The predicted octanol–water partition coefficient (Wildman–Crippen LogP) is 3.34. The summed E-state index contributed by atoms with van der Waals surface area (Å²) in [5, 5.41) is 6.04. The van der Waals surface area contributed by atoms with Crippen molar-refractivity contribution in [3.63, 3.8) is 0 Å². The molecule has 150 valence electrons. The third kappa shape index (κ3) is 5.44. The van der Waals surface area contributed by atoms with Gasteiger partial charge in [0.15, 0.2) is 0 Å². The normalized spacial score (nSPS) is 10.3. The summed E-state index contributed by atoms with van der Waals surface area (Å²) in [4.78, 5) is 21.3. The van der Waals surface area contributed by atoms with Gasteiger partial charge in [-0.2, -0.15) is 0 Å². The molecule has 7 nitrogen and oxygen atoms in total. The number of anilines is 1. The van der Waals surface area contributed by atoms with Crippen LogP contribution in [0.1, 0.15) is 27.3 Å². The maximum atomic E-state index is 12.5. The molecule has 1 heterocycles. The molecular weight excluding hydrogens is 368 g/mol. The minimum Gasteiger partial charge on any atom is -0.497 e. The average molecular weight is 392 g/mol. The van der Waals surface area contributed by atoms with Gasteiger partial charge in [-0.1, -0.05) is 30.3 Å². The van der Waals surface area contributed by atoms with Crippen LogP contribution < -0.4 is 20.1 Å². The highest BCUT2D eigenvalue weighted by molar-refractivity contribution is 5.92. The summed E-state index contributed by atoms with van der Waals surface area (Å²) in [5.41, 5.74) is 2.97. The van der Waals surface area contributed by atoms with Gasteiger partial charge >= 0.3 is 0 Å². The van der Waals surface area contributed by atoms with Crippen LogP contribution in [0, 0.1) is 6.92 Å². The molecule has 29 heavy (non-hydrogen) atoms. The van der Waals surface area contributed by atoms with Gasteiger partial charge in [0.1, 0.15) is 17.2 Å². The molecule has 1 amide bonds. The molecule has 7 heteroatoms. The van der Waals surface area contributed by atoms with E-state index in [1.165, 1.54) is 0 Å². The number of rotatable bonds is 8. The lowest BCUT2D eigenvalue weighted by molar-refractivity contribution is 0.0945. The van der Waals surface area contributed by atoms with Crippen LogP contribution in [0.5, 0.6) is 11.5 Å². The molecular formula is C22H24N4O3. The fourth-order valence-electron chi connectivity index (χ4n) is 2.80. The second-order valence-electron chi connectivity index (χ2n) is 6.41. The summed E-state index contributed by atoms with van der Waals surface area (Å²) < 4.78 is 10.5. The first kappa shape index (κ1) is 20.1. The lowest BCUT2D eigenvalue weighted by Gasteiger charge is -2.11. The Morgan fingerprint density at radius 2 is 1.72 bits per heavy atom. The SMILES string of the molecule is COc1ccc(CNC(=O)c2cc(C)nc(NCc3ccccc3OC)n2)cc1. The maximum Gasteiger partial charge on any atom is 0.270 e. The smallest absolute Gasteiger partial charge is 0.270 e. The largest absolute Gasteiger partial charge is 0.497 e. The maximum absolute atomic E-state index is 12.5. The van der Waals surface area contributed by atoms with Crippen molar-refractivity contribution >= 4 is 11.9 Å². The van der Waals surface area contributed by atoms with Gasteiger partial charge in [-0.15, -0.1) is 0 Å². The Kier molecular flexibility index (Phi) is 6.63. The Morgan fingerprint density at radius 1 is 0.966 bits per heavy atom. The first-order chi connectivity index (χ1) is 14.1. The van der Waals surface area contributed by atoms with Crippen molar-refractivity contribution in [3.05, 3.63) is 77.1 Å². The molecule has 2 aromatic carbocycles. The number of hydrogen-bond acceptors (Lipinski definition) is 6. The molecule has 0 aliphatic carbocycles. The monoisotopic (exact) mass is 392 g/mol. The van der Waals surface area contributed by atoms with E-state index in [1.54, 1.807) is 20.3 Å². The zero-order valence-electron chi connectivity index (χ0n) is 16.7. The number of aryl methyl sites for hydroxylation is 1. The van der Waals surface area contributed by atoms with Crippen LogP contribution in [0.2, 0.25) is 0 Å². The van der Waals surface area contributed by atoms with Crippen LogP contribution in [0.3, 0.4) is 0 Å². The van der Waals surface area contributed by atoms with E-state index in [9.17, 15) is 4.79 Å². The summed E-state index contributed by atoms with van der Waals surface area (Å²) >= 11 is 0. The molecule has 0 unspecified atom stereocenters. The van der Waals surface area contributed by atoms with Gasteiger partial charge in [-0.3, -0.25) is 4.79 Å². The number of ether oxygens (including phenoxy) is 2. The molecule has 0 saturated carbocycles. The number of benzene rings is 2. The Labute approximate surface area is 170 Å². The van der Waals surface area contributed by atoms with Gasteiger partial charge in [-0.25, -0.2) is 9.97 Å². The van der Waals surface area contributed by atoms with E-state index in [4.69, 9.17) is 9.47 Å². The van der Waals surface area contributed by atoms with Crippen molar-refractivity contribution in [3.8, 4) is 11.5 Å². The van der Waals surface area contributed by atoms with Gasteiger partial charge in [0.25, 0.3) is 5.91 Å². The number of hydrogen-bond donors (Lipinski definition) is 2. The van der Waals surface area contributed by atoms with E-state index in [0.29, 0.717) is 30.4 Å². The van der Waals surface area contributed by atoms with E-state index in [1.807, 2.05) is 55.5 Å². The second-order valence-corrected chi connectivity index (χ2v) is 6.41. The number of amides is 1. The summed E-state index contributed by atoms with van der Waals surface area (Å²) in [7, 11) is 3.25. The third-order valence-electron chi connectivity index (χ3n) is 4.33. The Bertz CT molecular complexity index is 974. The Balaban J connectivity index is 1.65. The zero-order chi connectivity index (χ0) is 20.6. The van der Waals surface area contributed by atoms with Gasteiger partial charge < -0.3 is 20.1 Å². The van der Waals surface area contributed by atoms with Crippen molar-refractivity contribution < 1.29 is 14.3 Å². The van der Waals surface area contributed by atoms with Gasteiger partial charge in [-0.05, 0) is 36.8 Å². The summed E-state index contributed by atoms with van der Waals surface area (Å²) in [5.74, 6) is 1.69. The molecule has 0 aliphatic heterocycles. The van der Waals surface area contributed by atoms with Crippen molar-refractivity contribution in [1.82, 2.24) is 15.3 Å². The number of nitrogens with one attached hydrogen (secondary N) is 2. The molecule has 0 saturated heterocycles. The minimum absolute atomic E-state index is 0.258. The molecule has 0 atom stereocenters. The lowest BCUT2D eigenvalue weighted by atomic mass is 10.2. The van der Waals surface area contributed by atoms with Crippen LogP contribution in [0.4, 0.5) is 5.95 Å². The highest BCUT2D eigenvalue weighted by Gasteiger charge is 2.11. The van der Waals surface area contributed by atoms with E-state index in [0.717, 1.165) is 22.6 Å². The van der Waals surface area contributed by atoms with Crippen LogP contribution in [0.15, 0.2) is 54.6 Å². The predicted molar refractivity (Wildman–Crippen MR) is 111 cm³/mol. The van der Waals surface area contributed by atoms with Gasteiger partial charge in [0, 0.05) is 24.3 Å². The van der Waals surface area contributed by atoms with Crippen LogP contribution >= 0.6 is 0 Å². The quantitative estimate of drug-likeness (QED) is 0.612. The number of nitrogens with zero attached hydrogens (tertiary/aromatic N) is 2. The fraction of sp³-hybridized carbons (Fsp3) is 0.227. The Hall–Kier alpha value is -3.61. The summed E-state index contributed by atoms with van der Waals surface area (Å²) in [6, 6.07) is 16.9. The molecule has 3 rings (SSSR count). The molecule has 0 spiro atoms. The summed E-state index contributed by atoms with van der Waals surface area (Å²) in [6.07, 6.45) is 0. The molecule has 3 aromatic rings. The van der Waals surface area contributed by atoms with E-state index < -0.39 is 0 Å². The molecule has 2 N–H and O–H groups in total. The number of para-hydroxylation sites is 1. The standard InChI is InChI=1S/C22H24N4O3/c1-15-12-19(21(27)23-13-16-8-10-18(28-2)11-9-16)26-22(25-15)24-14-17-6-4-5-7-20(17)29-3/h4-12H,13-14H2,1-3H3,(H,23,27)(H,24,25,26). The van der Waals surface area contributed by atoms with Gasteiger partial charge in [0.2, 0.25) is 5.95 Å². The number of carbonyl (C=O) groups excluding carboxylic acids is 1. The average Bonchev–Trinajstić information content (AvgIpc) is 2.76. The topological polar surface area (TPSA) is 85.4 Å². The van der Waals surface area contributed by atoms with Crippen molar-refractivity contribution in [2.24, 2.45) is 0 Å². The molecule has 0 fully saturated rings. The van der Waals surface area contributed by atoms with Crippen LogP contribution in [-0.4, -0.2) is 30.1 Å². The summed E-state index contributed by atoms with van der Waals surface area (Å²) in [6.45, 7) is 2.71. The first-order valence-electron chi connectivity index (χ1n) is 9.21. The van der Waals surface area contributed by atoms with E-state index in [-0.39, 0.29) is 5.91 Å². The third-order valence-corrected chi connectivity index (χ3v) is 4.33. The number of aromatic nitrogens is 2. The molecule has 0 aliphatic rings. The minimum atomic E-state index is -0.258. The van der Waals surface area contributed by atoms with Crippen molar-refractivity contribution in [1.29, 1.82) is 0 Å². The Morgan fingerprint density at radius 3 is 2.45 bits per heavy atom. The molecule has 0 radical (unpaired) electrons. The lowest BCUT2D eigenvalue weighted by Crippen LogP contribution is -2.24. The van der Waals surface area contributed by atoms with E-state index >= 15 is 0 Å². The zero-order valence-corrected chi connectivity index (χ0v) is 16.7. The fourth-order valence-corrected chi connectivity index (χ4v) is 2.80. The highest BCUT2D eigenvalue weighted by Crippen LogP contribution is 2.18. The number of methoxy groups -OCH3 is 2. The van der Waals surface area contributed by atoms with Crippen molar-refractivity contribution in [2.45, 2.75) is 20.0 Å². The van der Waals surface area contributed by atoms with Crippen LogP contribution in [-0.2, 0) is 13.1 Å². The van der Waals surface area contributed by atoms with Gasteiger partial charge in [0.05, 0.1) is 14.2 Å². The van der Waals surface area contributed by atoms with Crippen LogP contribution in [0.25, 0.3) is 0 Å². The number of carbonyl (C=O) groups is 1. The second kappa shape index (κ2) is 9.54. The van der Waals surface area contributed by atoms with Crippen molar-refractivity contribution in [2.75, 3.05) is 19.5 Å². The molecule has 1 aromatic heterocycles. The first-order valence-corrected chi connectivity index (χ1v) is 9.21. The molecule has 0 bridgehead atoms. The highest BCUT2D eigenvalue weighted by atomic mass is 16.5.